The maximum Gasteiger partial charge on any atom is 0.186 e. The van der Waals surface area contributed by atoms with E-state index in [-0.39, 0.29) is 0 Å². The molecule has 0 saturated carbocycles. The minimum Gasteiger partial charge on any atom is -0.493 e. The number of hydrogen-bond donors (Lipinski definition) is 0. The normalized spacial score (nSPS) is 22.8. The molecule has 18 heavy (non-hydrogen) atoms. The van der Waals surface area contributed by atoms with Crippen molar-refractivity contribution in [3.63, 3.8) is 0 Å². The number of nitrogens with zero attached hydrogens (tertiary/aromatic N) is 1. The molecule has 0 N–H and O–H groups in total. The Kier molecular flexibility index (Phi) is 3.54. The topological polar surface area (TPSA) is 42.2 Å². The molecule has 2 rings (SSSR count). The highest BCUT2D eigenvalue weighted by molar-refractivity contribution is 9.10. The largest absolute Gasteiger partial charge is 0.493 e. The number of nitriles is 1. The highest BCUT2D eigenvalue weighted by Crippen LogP contribution is 2.42. The zero-order valence-electron chi connectivity index (χ0n) is 10.8. The zero-order chi connectivity index (χ0) is 13.4. The summed E-state index contributed by atoms with van der Waals surface area (Å²) < 4.78 is 12.7. The van der Waals surface area contributed by atoms with Gasteiger partial charge in [-0.25, -0.2) is 0 Å². The zero-order valence-corrected chi connectivity index (χ0v) is 13.4. The average molecular weight is 326 g/mol. The van der Waals surface area contributed by atoms with Crippen molar-refractivity contribution in [3.05, 3.63) is 28.2 Å². The van der Waals surface area contributed by atoms with Crippen LogP contribution in [0.1, 0.15) is 12.0 Å². The van der Waals surface area contributed by atoms with Crippen LogP contribution in [0.25, 0.3) is 0 Å². The third-order valence-electron chi connectivity index (χ3n) is 2.75. The summed E-state index contributed by atoms with van der Waals surface area (Å²) >= 11 is 3.42. The molecule has 5 heteroatoms. The molecule has 0 bridgehead atoms. The maximum absolute atomic E-state index is 9.60. The fourth-order valence-electron chi connectivity index (χ4n) is 2.16. The molecular weight excluding hydrogens is 310 g/mol. The van der Waals surface area contributed by atoms with Crippen LogP contribution in [0.5, 0.6) is 5.75 Å². The second-order valence-electron chi connectivity index (χ2n) is 5.39. The summed E-state index contributed by atoms with van der Waals surface area (Å²) in [6.45, 7) is 6.81. The van der Waals surface area contributed by atoms with Gasteiger partial charge in [0.2, 0.25) is 0 Å². The molecule has 0 aromatic heterocycles. The molecule has 3 nitrogen and oxygen atoms in total. The number of ether oxygens (including phenoxy) is 1. The summed E-state index contributed by atoms with van der Waals surface area (Å²) in [4.78, 5) is 0. The van der Waals surface area contributed by atoms with Gasteiger partial charge in [0, 0.05) is 16.5 Å². The summed E-state index contributed by atoms with van der Waals surface area (Å²) in [5.74, 6) is 0.746. The first-order chi connectivity index (χ1) is 8.36. The molecule has 0 radical (unpaired) electrons. The Morgan fingerprint density at radius 1 is 1.44 bits per heavy atom. The van der Waals surface area contributed by atoms with Crippen molar-refractivity contribution in [2.45, 2.75) is 31.7 Å². The van der Waals surface area contributed by atoms with E-state index in [2.05, 4.69) is 41.6 Å². The van der Waals surface area contributed by atoms with Gasteiger partial charge in [-0.3, -0.25) is 0 Å². The van der Waals surface area contributed by atoms with E-state index in [1.54, 1.807) is 0 Å². The van der Waals surface area contributed by atoms with Crippen LogP contribution >= 0.6 is 15.9 Å². The van der Waals surface area contributed by atoms with Crippen molar-refractivity contribution >= 4 is 24.2 Å². The van der Waals surface area contributed by atoms with Crippen LogP contribution < -0.4 is 4.74 Å². The molecular formula is C13H16BrNO2Si. The highest BCUT2D eigenvalue weighted by Gasteiger charge is 2.42. The van der Waals surface area contributed by atoms with Gasteiger partial charge in [-0.1, -0.05) is 22.0 Å². The molecule has 1 atom stereocenters. The van der Waals surface area contributed by atoms with E-state index < -0.39 is 13.9 Å². The summed E-state index contributed by atoms with van der Waals surface area (Å²) in [5, 5.41) is 9.60. The predicted molar refractivity (Wildman–Crippen MR) is 76.0 cm³/mol. The van der Waals surface area contributed by atoms with Gasteiger partial charge in [-0.05, 0) is 31.8 Å². The number of fused-ring (bicyclic) bond motifs is 1. The molecule has 0 unspecified atom stereocenters. The molecule has 1 aliphatic rings. The van der Waals surface area contributed by atoms with Crippen molar-refractivity contribution in [2.75, 3.05) is 6.61 Å². The van der Waals surface area contributed by atoms with Gasteiger partial charge < -0.3 is 9.16 Å². The number of rotatable bonds is 2. The Morgan fingerprint density at radius 2 is 2.17 bits per heavy atom. The van der Waals surface area contributed by atoms with E-state index in [0.717, 1.165) is 15.8 Å². The molecule has 1 aliphatic heterocycles. The first-order valence-electron chi connectivity index (χ1n) is 5.91. The first-order valence-corrected chi connectivity index (χ1v) is 10.1. The van der Waals surface area contributed by atoms with E-state index in [4.69, 9.17) is 9.16 Å². The van der Waals surface area contributed by atoms with Crippen LogP contribution in [0, 0.1) is 11.3 Å². The molecule has 1 heterocycles. The van der Waals surface area contributed by atoms with Gasteiger partial charge in [0.25, 0.3) is 0 Å². The standard InChI is InChI=1S/C13H16BrNO2Si/c1-18(2,3)17-13(9-15)6-7-16-12-8-10(14)4-5-11(12)13/h4-5,8H,6-7H2,1-3H3/t13-/m0/s1. The maximum atomic E-state index is 9.60. The van der Waals surface area contributed by atoms with Gasteiger partial charge in [0.15, 0.2) is 13.9 Å². The van der Waals surface area contributed by atoms with Crippen LogP contribution in [0.15, 0.2) is 22.7 Å². The highest BCUT2D eigenvalue weighted by atomic mass is 79.9. The van der Waals surface area contributed by atoms with Crippen molar-refractivity contribution in [3.8, 4) is 11.8 Å². The lowest BCUT2D eigenvalue weighted by atomic mass is 9.90. The first kappa shape index (κ1) is 13.6. The van der Waals surface area contributed by atoms with E-state index in [1.807, 2.05) is 18.2 Å². The van der Waals surface area contributed by atoms with E-state index in [1.165, 1.54) is 0 Å². The lowest BCUT2D eigenvalue weighted by molar-refractivity contribution is 0.0664. The molecule has 1 aromatic rings. The number of hydrogen-bond acceptors (Lipinski definition) is 3. The van der Waals surface area contributed by atoms with Crippen molar-refractivity contribution in [1.82, 2.24) is 0 Å². The second kappa shape index (κ2) is 4.69. The summed E-state index contributed by atoms with van der Waals surface area (Å²) in [6.07, 6.45) is 0.586. The van der Waals surface area contributed by atoms with Gasteiger partial charge >= 0.3 is 0 Å². The molecule has 0 spiro atoms. The van der Waals surface area contributed by atoms with Gasteiger partial charge in [-0.2, -0.15) is 5.26 Å². The van der Waals surface area contributed by atoms with Gasteiger partial charge in [0.05, 0.1) is 6.61 Å². The van der Waals surface area contributed by atoms with Crippen molar-refractivity contribution in [2.24, 2.45) is 0 Å². The summed E-state index contributed by atoms with van der Waals surface area (Å²) in [6, 6.07) is 8.11. The Hall–Kier alpha value is -0.833. The van der Waals surface area contributed by atoms with E-state index in [9.17, 15) is 5.26 Å². The second-order valence-corrected chi connectivity index (χ2v) is 10.7. The lowest BCUT2D eigenvalue weighted by Crippen LogP contribution is -2.42. The Morgan fingerprint density at radius 3 is 2.78 bits per heavy atom. The number of halogens is 1. The van der Waals surface area contributed by atoms with Crippen molar-refractivity contribution < 1.29 is 9.16 Å². The lowest BCUT2D eigenvalue weighted by Gasteiger charge is -2.37. The minimum atomic E-state index is -1.81. The molecule has 0 aliphatic carbocycles. The Labute approximate surface area is 117 Å². The fourth-order valence-corrected chi connectivity index (χ4v) is 3.80. The quantitative estimate of drug-likeness (QED) is 0.776. The predicted octanol–water partition coefficient (Wildman–Crippen LogP) is 3.80. The molecule has 0 fully saturated rings. The third kappa shape index (κ3) is 2.61. The summed E-state index contributed by atoms with van der Waals surface area (Å²) in [5.41, 5.74) is 0.000502. The SMILES string of the molecule is C[Si](C)(C)O[C@]1(C#N)CCOc2cc(Br)ccc21. The van der Waals surface area contributed by atoms with E-state index >= 15 is 0 Å². The van der Waals surface area contributed by atoms with Crippen LogP contribution in [-0.4, -0.2) is 14.9 Å². The minimum absolute atomic E-state index is 0.515. The number of benzene rings is 1. The van der Waals surface area contributed by atoms with Crippen LogP contribution in [-0.2, 0) is 10.0 Å². The molecule has 0 amide bonds. The molecule has 96 valence electrons. The van der Waals surface area contributed by atoms with Crippen LogP contribution in [0.2, 0.25) is 19.6 Å². The average Bonchev–Trinajstić information content (AvgIpc) is 2.26. The smallest absolute Gasteiger partial charge is 0.186 e. The van der Waals surface area contributed by atoms with Crippen LogP contribution in [0.3, 0.4) is 0 Å². The van der Waals surface area contributed by atoms with Crippen molar-refractivity contribution in [1.29, 1.82) is 5.26 Å². The van der Waals surface area contributed by atoms with Gasteiger partial charge in [0.1, 0.15) is 11.8 Å². The molecule has 0 saturated heterocycles. The summed E-state index contributed by atoms with van der Waals surface area (Å²) in [7, 11) is -1.81. The Balaban J connectivity index is 2.50. The van der Waals surface area contributed by atoms with Crippen LogP contribution in [0.4, 0.5) is 0 Å². The fraction of sp³-hybridized carbons (Fsp3) is 0.462. The third-order valence-corrected chi connectivity index (χ3v) is 4.21. The van der Waals surface area contributed by atoms with Gasteiger partial charge in [-0.15, -0.1) is 0 Å². The molecule has 1 aromatic carbocycles. The monoisotopic (exact) mass is 325 g/mol. The Bertz CT molecular complexity index is 507. The van der Waals surface area contributed by atoms with E-state index in [0.29, 0.717) is 13.0 Å².